The molecule has 0 atom stereocenters. The van der Waals surface area contributed by atoms with Crippen LogP contribution in [0.25, 0.3) is 0 Å². The van der Waals surface area contributed by atoms with Crippen LogP contribution in [0.2, 0.25) is 0 Å². The van der Waals surface area contributed by atoms with Gasteiger partial charge in [0.15, 0.2) is 0 Å². The van der Waals surface area contributed by atoms with Gasteiger partial charge < -0.3 is 15.7 Å². The molecule has 17 heavy (non-hydrogen) atoms. The molecule has 1 fully saturated rings. The third-order valence-corrected chi connectivity index (χ3v) is 2.73. The highest BCUT2D eigenvalue weighted by molar-refractivity contribution is 5.59. The maximum Gasteiger partial charge on any atom is 0.329 e. The summed E-state index contributed by atoms with van der Waals surface area (Å²) in [5.74, 6) is 0.438. The van der Waals surface area contributed by atoms with E-state index < -0.39 is 10.5 Å². The Bertz CT molecular complexity index is 446. The fourth-order valence-electron chi connectivity index (χ4n) is 1.45. The van der Waals surface area contributed by atoms with Crippen LogP contribution in [0.5, 0.6) is 0 Å². The maximum atomic E-state index is 10.8. The minimum absolute atomic E-state index is 0.0664. The second-order valence-electron chi connectivity index (χ2n) is 4.00. The number of rotatable bonds is 5. The minimum Gasteiger partial charge on any atom is -0.394 e. The molecule has 1 saturated carbocycles. The van der Waals surface area contributed by atoms with Gasteiger partial charge in [0, 0.05) is 7.05 Å². The van der Waals surface area contributed by atoms with Crippen LogP contribution in [-0.4, -0.2) is 39.2 Å². The predicted molar refractivity (Wildman–Crippen MR) is 60.9 cm³/mol. The zero-order valence-corrected chi connectivity index (χ0v) is 9.30. The van der Waals surface area contributed by atoms with E-state index in [0.717, 1.165) is 19.0 Å². The SMILES string of the molecule is CNc1ncc([N+](=O)[O-])c(NC2(CO)CC2)n1. The lowest BCUT2D eigenvalue weighted by atomic mass is 10.3. The molecule has 0 spiro atoms. The van der Waals surface area contributed by atoms with E-state index in [2.05, 4.69) is 20.6 Å². The van der Waals surface area contributed by atoms with Gasteiger partial charge in [-0.1, -0.05) is 0 Å². The predicted octanol–water partition coefficient (Wildman–Crippen LogP) is 0.363. The van der Waals surface area contributed by atoms with Gasteiger partial charge in [0.2, 0.25) is 11.8 Å². The summed E-state index contributed by atoms with van der Waals surface area (Å²) in [6.07, 6.45) is 2.70. The number of anilines is 2. The van der Waals surface area contributed by atoms with Crippen LogP contribution in [0.15, 0.2) is 6.20 Å². The molecule has 1 heterocycles. The van der Waals surface area contributed by atoms with Crippen molar-refractivity contribution in [2.45, 2.75) is 18.4 Å². The van der Waals surface area contributed by atoms with E-state index in [4.69, 9.17) is 0 Å². The number of aromatic nitrogens is 2. The lowest BCUT2D eigenvalue weighted by Gasteiger charge is -2.15. The lowest BCUT2D eigenvalue weighted by Crippen LogP contribution is -2.26. The van der Waals surface area contributed by atoms with Gasteiger partial charge >= 0.3 is 5.69 Å². The molecule has 1 aliphatic rings. The van der Waals surface area contributed by atoms with E-state index >= 15 is 0 Å². The van der Waals surface area contributed by atoms with Gasteiger partial charge in [-0.25, -0.2) is 4.98 Å². The van der Waals surface area contributed by atoms with Crippen LogP contribution < -0.4 is 10.6 Å². The largest absolute Gasteiger partial charge is 0.394 e. The molecule has 2 rings (SSSR count). The summed E-state index contributed by atoms with van der Waals surface area (Å²) in [7, 11) is 1.63. The molecule has 1 aliphatic carbocycles. The summed E-state index contributed by atoms with van der Waals surface area (Å²) in [4.78, 5) is 18.1. The number of hydrogen-bond donors (Lipinski definition) is 3. The van der Waals surface area contributed by atoms with Crippen molar-refractivity contribution >= 4 is 17.5 Å². The van der Waals surface area contributed by atoms with Gasteiger partial charge in [0.25, 0.3) is 0 Å². The fraction of sp³-hybridized carbons (Fsp3) is 0.556. The zero-order valence-electron chi connectivity index (χ0n) is 9.30. The van der Waals surface area contributed by atoms with Crippen molar-refractivity contribution in [2.75, 3.05) is 24.3 Å². The van der Waals surface area contributed by atoms with Crippen molar-refractivity contribution in [2.24, 2.45) is 0 Å². The summed E-state index contributed by atoms with van der Waals surface area (Å²) in [6.45, 7) is -0.0664. The van der Waals surface area contributed by atoms with Gasteiger partial charge in [0.05, 0.1) is 17.1 Å². The molecule has 0 radical (unpaired) electrons. The van der Waals surface area contributed by atoms with Gasteiger partial charge in [-0.05, 0) is 12.8 Å². The summed E-state index contributed by atoms with van der Waals surface area (Å²) in [5.41, 5.74) is -0.645. The first-order valence-corrected chi connectivity index (χ1v) is 5.18. The summed E-state index contributed by atoms with van der Waals surface area (Å²) >= 11 is 0. The second kappa shape index (κ2) is 4.13. The molecular formula is C9H13N5O3. The van der Waals surface area contributed by atoms with Gasteiger partial charge in [-0.3, -0.25) is 10.1 Å². The van der Waals surface area contributed by atoms with Crippen LogP contribution in [0, 0.1) is 10.1 Å². The molecule has 8 nitrogen and oxygen atoms in total. The third kappa shape index (κ3) is 2.26. The topological polar surface area (TPSA) is 113 Å². The number of nitro groups is 1. The van der Waals surface area contributed by atoms with Gasteiger partial charge in [-0.15, -0.1) is 0 Å². The Morgan fingerprint density at radius 3 is 2.82 bits per heavy atom. The normalized spacial score (nSPS) is 16.4. The summed E-state index contributed by atoms with van der Waals surface area (Å²) in [6, 6.07) is 0. The van der Waals surface area contributed by atoms with E-state index in [1.807, 2.05) is 0 Å². The van der Waals surface area contributed by atoms with Crippen LogP contribution in [-0.2, 0) is 0 Å². The van der Waals surface area contributed by atoms with E-state index in [1.165, 1.54) is 0 Å². The average molecular weight is 239 g/mol. The number of nitrogens with zero attached hydrogens (tertiary/aromatic N) is 3. The fourth-order valence-corrected chi connectivity index (χ4v) is 1.45. The van der Waals surface area contributed by atoms with Crippen molar-refractivity contribution in [3.05, 3.63) is 16.3 Å². The Labute approximate surface area is 97.2 Å². The van der Waals surface area contributed by atoms with E-state index in [0.29, 0.717) is 5.95 Å². The van der Waals surface area contributed by atoms with E-state index in [9.17, 15) is 15.2 Å². The Morgan fingerprint density at radius 1 is 1.65 bits per heavy atom. The molecule has 0 aliphatic heterocycles. The van der Waals surface area contributed by atoms with Crippen LogP contribution in [0.4, 0.5) is 17.5 Å². The average Bonchev–Trinajstić information content (AvgIpc) is 3.09. The van der Waals surface area contributed by atoms with Crippen LogP contribution in [0.1, 0.15) is 12.8 Å². The van der Waals surface area contributed by atoms with Crippen LogP contribution in [0.3, 0.4) is 0 Å². The number of hydrogen-bond acceptors (Lipinski definition) is 7. The van der Waals surface area contributed by atoms with Crippen molar-refractivity contribution in [3.8, 4) is 0 Å². The summed E-state index contributed by atoms with van der Waals surface area (Å²) in [5, 5.41) is 25.6. The summed E-state index contributed by atoms with van der Waals surface area (Å²) < 4.78 is 0. The molecule has 0 unspecified atom stereocenters. The first kappa shape index (κ1) is 11.5. The standard InChI is InChI=1S/C9H13N5O3/c1-10-8-11-4-6(14(16)17)7(12-8)13-9(5-15)2-3-9/h4,15H,2-3,5H2,1H3,(H2,10,11,12,13). The number of nitrogens with one attached hydrogen (secondary N) is 2. The Balaban J connectivity index is 2.31. The molecule has 92 valence electrons. The van der Waals surface area contributed by atoms with Gasteiger partial charge in [0.1, 0.15) is 6.20 Å². The molecule has 3 N–H and O–H groups in total. The lowest BCUT2D eigenvalue weighted by molar-refractivity contribution is -0.384. The number of aliphatic hydroxyl groups is 1. The van der Waals surface area contributed by atoms with Crippen molar-refractivity contribution in [3.63, 3.8) is 0 Å². The monoisotopic (exact) mass is 239 g/mol. The Morgan fingerprint density at radius 2 is 2.35 bits per heavy atom. The highest BCUT2D eigenvalue weighted by atomic mass is 16.6. The molecule has 0 saturated heterocycles. The smallest absolute Gasteiger partial charge is 0.329 e. The minimum atomic E-state index is -0.546. The first-order chi connectivity index (χ1) is 8.10. The molecule has 0 aromatic carbocycles. The Kier molecular flexibility index (Phi) is 2.80. The molecule has 8 heteroatoms. The first-order valence-electron chi connectivity index (χ1n) is 5.18. The highest BCUT2D eigenvalue weighted by Gasteiger charge is 2.43. The van der Waals surface area contributed by atoms with Gasteiger partial charge in [-0.2, -0.15) is 4.98 Å². The molecule has 1 aromatic heterocycles. The van der Waals surface area contributed by atoms with Crippen molar-refractivity contribution < 1.29 is 10.0 Å². The van der Waals surface area contributed by atoms with E-state index in [-0.39, 0.29) is 18.1 Å². The molecular weight excluding hydrogens is 226 g/mol. The maximum absolute atomic E-state index is 10.8. The number of aliphatic hydroxyl groups excluding tert-OH is 1. The quantitative estimate of drug-likeness (QED) is 0.502. The molecule has 1 aromatic rings. The second-order valence-corrected chi connectivity index (χ2v) is 4.00. The Hall–Kier alpha value is -1.96. The van der Waals surface area contributed by atoms with Crippen molar-refractivity contribution in [1.82, 2.24) is 9.97 Å². The highest BCUT2D eigenvalue weighted by Crippen LogP contribution is 2.39. The molecule has 0 bridgehead atoms. The molecule has 0 amide bonds. The van der Waals surface area contributed by atoms with Crippen LogP contribution >= 0.6 is 0 Å². The zero-order chi connectivity index (χ0) is 12.5. The van der Waals surface area contributed by atoms with E-state index in [1.54, 1.807) is 7.05 Å². The third-order valence-electron chi connectivity index (χ3n) is 2.73. The van der Waals surface area contributed by atoms with Crippen molar-refractivity contribution in [1.29, 1.82) is 0 Å².